The minimum Gasteiger partial charge on any atom is -0.408 e. The first-order valence-electron chi connectivity index (χ1n) is 11.4. The molecule has 0 saturated carbocycles. The lowest BCUT2D eigenvalue weighted by atomic mass is 9.91. The molecule has 1 aromatic rings. The molecule has 5 nitrogen and oxygen atoms in total. The fourth-order valence-electron chi connectivity index (χ4n) is 3.30. The maximum Gasteiger partial charge on any atom is 0.192 e. The van der Waals surface area contributed by atoms with Crippen molar-refractivity contribution in [3.8, 4) is 0 Å². The van der Waals surface area contributed by atoms with Gasteiger partial charge >= 0.3 is 0 Å². The van der Waals surface area contributed by atoms with Gasteiger partial charge in [0.05, 0.1) is 6.61 Å². The van der Waals surface area contributed by atoms with E-state index in [0.717, 1.165) is 5.56 Å². The monoisotopic (exact) mass is 468 g/mol. The summed E-state index contributed by atoms with van der Waals surface area (Å²) in [5.74, 6) is 0. The molecule has 1 saturated heterocycles. The minimum atomic E-state index is -2.21. The molecule has 0 amide bonds. The zero-order chi connectivity index (χ0) is 23.8. The molecule has 1 aliphatic rings. The molecule has 5 atom stereocenters. The Bertz CT molecular complexity index is 709. The van der Waals surface area contributed by atoms with Crippen molar-refractivity contribution in [2.75, 3.05) is 6.61 Å². The zero-order valence-corrected chi connectivity index (χ0v) is 23.1. The first-order valence-corrected chi connectivity index (χ1v) is 17.2. The molecule has 1 heterocycles. The average molecular weight is 469 g/mol. The Balaban J connectivity index is 2.47. The molecule has 0 bridgehead atoms. The van der Waals surface area contributed by atoms with Crippen LogP contribution in [-0.2, 0) is 13.6 Å². The van der Waals surface area contributed by atoms with Crippen molar-refractivity contribution in [3.63, 3.8) is 0 Å². The standard InChI is InChI=1S/C24H44O5Si2/c1-23(2,3)30(7,8)28-21-18(16-25)27-20(17-14-12-11-13-15-17)22(19(21)26)29-31(9,10)24(4,5)6/h11-15,18-22,25-26H,16H2,1-10H3/t18-,19+,20+,21-,22-/m1/s1. The Morgan fingerprint density at radius 1 is 0.839 bits per heavy atom. The second-order valence-electron chi connectivity index (χ2n) is 11.9. The summed E-state index contributed by atoms with van der Waals surface area (Å²) in [4.78, 5) is 0. The lowest BCUT2D eigenvalue weighted by Crippen LogP contribution is -2.63. The van der Waals surface area contributed by atoms with E-state index in [0.29, 0.717) is 0 Å². The summed E-state index contributed by atoms with van der Waals surface area (Å²) < 4.78 is 19.8. The second kappa shape index (κ2) is 9.37. The van der Waals surface area contributed by atoms with E-state index in [1.807, 2.05) is 30.3 Å². The number of ether oxygens (including phenoxy) is 1. The van der Waals surface area contributed by atoms with Crippen LogP contribution in [0.2, 0.25) is 36.3 Å². The van der Waals surface area contributed by atoms with Gasteiger partial charge in [0, 0.05) is 0 Å². The molecule has 0 unspecified atom stereocenters. The van der Waals surface area contributed by atoms with Crippen LogP contribution in [0.25, 0.3) is 0 Å². The summed E-state index contributed by atoms with van der Waals surface area (Å²) >= 11 is 0. The third-order valence-corrected chi connectivity index (χ3v) is 16.4. The molecule has 2 rings (SSSR count). The molecule has 0 spiro atoms. The lowest BCUT2D eigenvalue weighted by Gasteiger charge is -2.51. The van der Waals surface area contributed by atoms with Gasteiger partial charge in [0.25, 0.3) is 0 Å². The van der Waals surface area contributed by atoms with Gasteiger partial charge in [-0.3, -0.25) is 0 Å². The fourth-order valence-corrected chi connectivity index (χ4v) is 5.92. The van der Waals surface area contributed by atoms with Crippen LogP contribution in [0.5, 0.6) is 0 Å². The Hall–Kier alpha value is -0.546. The maximum absolute atomic E-state index is 11.6. The first-order chi connectivity index (χ1) is 14.0. The highest BCUT2D eigenvalue weighted by Crippen LogP contribution is 2.45. The first kappa shape index (κ1) is 26.7. The van der Waals surface area contributed by atoms with E-state index in [1.165, 1.54) is 0 Å². The van der Waals surface area contributed by atoms with Crippen LogP contribution in [0.15, 0.2) is 30.3 Å². The van der Waals surface area contributed by atoms with Crippen molar-refractivity contribution < 1.29 is 23.8 Å². The summed E-state index contributed by atoms with van der Waals surface area (Å²) in [6.45, 7) is 21.5. The van der Waals surface area contributed by atoms with Crippen molar-refractivity contribution in [1.29, 1.82) is 0 Å². The van der Waals surface area contributed by atoms with E-state index < -0.39 is 47.2 Å². The number of hydrogen-bond donors (Lipinski definition) is 2. The number of aliphatic hydroxyl groups is 2. The molecule has 0 aromatic heterocycles. The fraction of sp³-hybridized carbons (Fsp3) is 0.750. The third-order valence-electron chi connectivity index (χ3n) is 7.44. The summed E-state index contributed by atoms with van der Waals surface area (Å²) in [5, 5.41) is 21.7. The van der Waals surface area contributed by atoms with E-state index in [9.17, 15) is 10.2 Å². The third kappa shape index (κ3) is 5.88. The molecule has 31 heavy (non-hydrogen) atoms. The molecule has 0 radical (unpaired) electrons. The van der Waals surface area contributed by atoms with Crippen molar-refractivity contribution in [1.82, 2.24) is 0 Å². The zero-order valence-electron chi connectivity index (χ0n) is 21.1. The van der Waals surface area contributed by atoms with Crippen LogP contribution in [-0.4, -0.2) is 57.9 Å². The summed E-state index contributed by atoms with van der Waals surface area (Å²) in [6, 6.07) is 9.85. The Kier molecular flexibility index (Phi) is 8.07. The van der Waals surface area contributed by atoms with Crippen molar-refractivity contribution >= 4 is 16.6 Å². The van der Waals surface area contributed by atoms with E-state index in [2.05, 4.69) is 67.7 Å². The summed E-state index contributed by atoms with van der Waals surface area (Å²) in [7, 11) is -4.43. The SMILES string of the molecule is CC(C)(C)[Si](C)(C)O[C@@H]1[C@@H](O)[C@H](O[Si](C)(C)C(C)(C)C)[C@@H](CO)O[C@H]1c1ccccc1. The van der Waals surface area contributed by atoms with Crippen LogP contribution in [0.4, 0.5) is 0 Å². The highest BCUT2D eigenvalue weighted by Gasteiger charge is 2.53. The van der Waals surface area contributed by atoms with Gasteiger partial charge in [-0.25, -0.2) is 0 Å². The normalized spacial score (nSPS) is 28.6. The van der Waals surface area contributed by atoms with Crippen LogP contribution in [0.1, 0.15) is 53.2 Å². The summed E-state index contributed by atoms with van der Waals surface area (Å²) in [5.41, 5.74) is 0.939. The predicted molar refractivity (Wildman–Crippen MR) is 131 cm³/mol. The Morgan fingerprint density at radius 3 is 1.71 bits per heavy atom. The highest BCUT2D eigenvalue weighted by molar-refractivity contribution is 6.74. The molecule has 2 N–H and O–H groups in total. The van der Waals surface area contributed by atoms with Gasteiger partial charge < -0.3 is 23.8 Å². The molecular formula is C24H44O5Si2. The topological polar surface area (TPSA) is 68.2 Å². The molecule has 1 fully saturated rings. The largest absolute Gasteiger partial charge is 0.408 e. The van der Waals surface area contributed by atoms with Crippen LogP contribution in [0, 0.1) is 0 Å². The number of hydrogen-bond acceptors (Lipinski definition) is 5. The lowest BCUT2D eigenvalue weighted by molar-refractivity contribution is -0.223. The van der Waals surface area contributed by atoms with Crippen LogP contribution in [0.3, 0.4) is 0 Å². The van der Waals surface area contributed by atoms with Crippen molar-refractivity contribution in [3.05, 3.63) is 35.9 Å². The molecule has 7 heteroatoms. The second-order valence-corrected chi connectivity index (χ2v) is 21.4. The van der Waals surface area contributed by atoms with Gasteiger partial charge in [-0.1, -0.05) is 71.9 Å². The van der Waals surface area contributed by atoms with E-state index in [-0.39, 0.29) is 16.7 Å². The van der Waals surface area contributed by atoms with Gasteiger partial charge in [0.2, 0.25) is 0 Å². The van der Waals surface area contributed by atoms with Gasteiger partial charge in [0.1, 0.15) is 30.5 Å². The quantitative estimate of drug-likeness (QED) is 0.557. The Labute approximate surface area is 191 Å². The van der Waals surface area contributed by atoms with Gasteiger partial charge in [-0.15, -0.1) is 0 Å². The average Bonchev–Trinajstić information content (AvgIpc) is 2.63. The van der Waals surface area contributed by atoms with E-state index in [1.54, 1.807) is 0 Å². The van der Waals surface area contributed by atoms with E-state index >= 15 is 0 Å². The van der Waals surface area contributed by atoms with Crippen LogP contribution < -0.4 is 0 Å². The molecule has 1 aromatic carbocycles. The smallest absolute Gasteiger partial charge is 0.192 e. The number of aliphatic hydroxyl groups excluding tert-OH is 2. The predicted octanol–water partition coefficient (Wildman–Crippen LogP) is 5.26. The Morgan fingerprint density at radius 2 is 1.29 bits per heavy atom. The minimum absolute atomic E-state index is 0.0163. The maximum atomic E-state index is 11.6. The molecule has 1 aliphatic heterocycles. The molecule has 178 valence electrons. The summed E-state index contributed by atoms with van der Waals surface area (Å²) in [6.07, 6.45) is -3.20. The highest BCUT2D eigenvalue weighted by atomic mass is 28.4. The number of rotatable bonds is 6. The van der Waals surface area contributed by atoms with Crippen molar-refractivity contribution in [2.45, 2.75) is 108 Å². The van der Waals surface area contributed by atoms with E-state index in [4.69, 9.17) is 13.6 Å². The number of benzene rings is 1. The van der Waals surface area contributed by atoms with Crippen LogP contribution >= 0.6 is 0 Å². The van der Waals surface area contributed by atoms with Gasteiger partial charge in [-0.2, -0.15) is 0 Å². The van der Waals surface area contributed by atoms with Crippen molar-refractivity contribution in [2.24, 2.45) is 0 Å². The van der Waals surface area contributed by atoms with Gasteiger partial charge in [0.15, 0.2) is 16.6 Å². The molecular weight excluding hydrogens is 424 g/mol. The molecule has 0 aliphatic carbocycles. The van der Waals surface area contributed by atoms with Gasteiger partial charge in [-0.05, 0) is 41.8 Å².